The number of benzene rings is 3. The number of anilines is 2. The summed E-state index contributed by atoms with van der Waals surface area (Å²) in [5, 5.41) is 2.70. The van der Waals surface area contributed by atoms with Crippen LogP contribution >= 0.6 is 0 Å². The molecule has 0 spiro atoms. The monoisotopic (exact) mass is 545 g/mol. The molecule has 9 nitrogen and oxygen atoms in total. The normalized spacial score (nSPS) is 11.8. The van der Waals surface area contributed by atoms with E-state index in [1.165, 1.54) is 29.6 Å². The van der Waals surface area contributed by atoms with Crippen molar-refractivity contribution in [1.29, 1.82) is 0 Å². The minimum absolute atomic E-state index is 0.00957. The number of hydrogen-bond donors (Lipinski definition) is 2. The third kappa shape index (κ3) is 7.31. The number of ether oxygens (including phenoxy) is 1. The van der Waals surface area contributed by atoms with Gasteiger partial charge in [0.2, 0.25) is 20.0 Å². The molecule has 2 N–H and O–H groups in total. The molecular weight excluding hydrogens is 514 g/mol. The van der Waals surface area contributed by atoms with Crippen LogP contribution in [0.4, 0.5) is 11.4 Å². The van der Waals surface area contributed by atoms with Crippen molar-refractivity contribution < 1.29 is 26.4 Å². The van der Waals surface area contributed by atoms with Gasteiger partial charge >= 0.3 is 0 Å². The summed E-state index contributed by atoms with van der Waals surface area (Å²) < 4.78 is 59.1. The quantitative estimate of drug-likeness (QED) is 0.398. The van der Waals surface area contributed by atoms with Gasteiger partial charge in [-0.15, -0.1) is 0 Å². The number of methoxy groups -OCH3 is 1. The Balaban J connectivity index is 1.82. The molecule has 3 aromatic rings. The second kappa shape index (κ2) is 11.3. The van der Waals surface area contributed by atoms with Crippen LogP contribution in [0.1, 0.15) is 35.3 Å². The number of carbonyl (C=O) groups excluding carboxylic acids is 1. The lowest BCUT2D eigenvalue weighted by Gasteiger charge is -2.23. The summed E-state index contributed by atoms with van der Waals surface area (Å²) in [6.45, 7) is 5.41. The molecule has 0 radical (unpaired) electrons. The molecular formula is C26H31N3O6S2. The van der Waals surface area contributed by atoms with E-state index in [4.69, 9.17) is 4.74 Å². The Labute approximate surface area is 218 Å². The van der Waals surface area contributed by atoms with E-state index >= 15 is 0 Å². The number of rotatable bonds is 10. The summed E-state index contributed by atoms with van der Waals surface area (Å²) in [5.41, 5.74) is 2.68. The number of sulfonamides is 2. The van der Waals surface area contributed by atoms with Crippen molar-refractivity contribution in [1.82, 2.24) is 4.72 Å². The van der Waals surface area contributed by atoms with E-state index in [-0.39, 0.29) is 23.2 Å². The number of nitrogens with one attached hydrogen (secondary N) is 2. The minimum Gasteiger partial charge on any atom is -0.495 e. The number of carbonyl (C=O) groups is 1. The Morgan fingerprint density at radius 3 is 2.22 bits per heavy atom. The molecule has 0 saturated heterocycles. The van der Waals surface area contributed by atoms with Gasteiger partial charge in [0.05, 0.1) is 36.2 Å². The highest BCUT2D eigenvalue weighted by Gasteiger charge is 2.20. The van der Waals surface area contributed by atoms with Gasteiger partial charge in [-0.3, -0.25) is 9.10 Å². The first-order valence-electron chi connectivity index (χ1n) is 11.4. The zero-order chi connectivity index (χ0) is 27.4. The first-order chi connectivity index (χ1) is 17.3. The van der Waals surface area contributed by atoms with Crippen molar-refractivity contribution in [2.24, 2.45) is 0 Å². The first kappa shape index (κ1) is 28.2. The van der Waals surface area contributed by atoms with Crippen molar-refractivity contribution in [3.63, 3.8) is 0 Å². The zero-order valence-corrected chi connectivity index (χ0v) is 23.0. The minimum atomic E-state index is -3.77. The van der Waals surface area contributed by atoms with Crippen molar-refractivity contribution >= 4 is 37.3 Å². The molecule has 198 valence electrons. The molecule has 0 aliphatic carbocycles. The summed E-state index contributed by atoms with van der Waals surface area (Å²) in [4.78, 5) is 12.9. The maximum absolute atomic E-state index is 12.9. The fraction of sp³-hybridized carbons (Fsp3) is 0.269. The summed E-state index contributed by atoms with van der Waals surface area (Å²) in [6.07, 6.45) is 1.15. The SMILES string of the molecule is COc1ccc(S(=O)(=O)NC(C)C)cc1NC(=O)c1ccc(CN(c2cccc(C)c2)S(C)(=O)=O)cc1. The van der Waals surface area contributed by atoms with Gasteiger partial charge in [0.25, 0.3) is 5.91 Å². The van der Waals surface area contributed by atoms with Gasteiger partial charge in [-0.05, 0) is 74.4 Å². The lowest BCUT2D eigenvalue weighted by atomic mass is 10.1. The summed E-state index contributed by atoms with van der Waals surface area (Å²) in [7, 11) is -5.90. The Bertz CT molecular complexity index is 1480. The third-order valence-electron chi connectivity index (χ3n) is 5.35. The van der Waals surface area contributed by atoms with E-state index in [0.29, 0.717) is 22.6 Å². The molecule has 0 unspecified atom stereocenters. The van der Waals surface area contributed by atoms with Crippen LogP contribution in [0.2, 0.25) is 0 Å². The topological polar surface area (TPSA) is 122 Å². The Morgan fingerprint density at radius 2 is 1.65 bits per heavy atom. The maximum Gasteiger partial charge on any atom is 0.255 e. The lowest BCUT2D eigenvalue weighted by molar-refractivity contribution is 0.102. The molecule has 0 heterocycles. The van der Waals surface area contributed by atoms with Crippen LogP contribution < -0.4 is 19.1 Å². The molecule has 0 aliphatic rings. The van der Waals surface area contributed by atoms with Crippen LogP contribution in [-0.4, -0.2) is 42.2 Å². The number of amides is 1. The van der Waals surface area contributed by atoms with E-state index < -0.39 is 26.0 Å². The summed E-state index contributed by atoms with van der Waals surface area (Å²) in [5.74, 6) is -0.176. The highest BCUT2D eigenvalue weighted by Crippen LogP contribution is 2.28. The zero-order valence-electron chi connectivity index (χ0n) is 21.3. The molecule has 0 aliphatic heterocycles. The summed E-state index contributed by atoms with van der Waals surface area (Å²) in [6, 6.07) is 17.6. The molecule has 3 aromatic carbocycles. The smallest absolute Gasteiger partial charge is 0.255 e. The van der Waals surface area contributed by atoms with Gasteiger partial charge in [-0.1, -0.05) is 24.3 Å². The van der Waals surface area contributed by atoms with E-state index in [1.807, 2.05) is 13.0 Å². The highest BCUT2D eigenvalue weighted by atomic mass is 32.2. The maximum atomic E-state index is 12.9. The van der Waals surface area contributed by atoms with Gasteiger partial charge in [0.1, 0.15) is 5.75 Å². The second-order valence-electron chi connectivity index (χ2n) is 8.90. The van der Waals surface area contributed by atoms with Crippen LogP contribution in [0.5, 0.6) is 5.75 Å². The molecule has 0 fully saturated rings. The average Bonchev–Trinajstić information content (AvgIpc) is 2.81. The van der Waals surface area contributed by atoms with Crippen LogP contribution in [0.25, 0.3) is 0 Å². The van der Waals surface area contributed by atoms with Crippen molar-refractivity contribution in [3.8, 4) is 5.75 Å². The molecule has 0 aromatic heterocycles. The third-order valence-corrected chi connectivity index (χ3v) is 8.15. The van der Waals surface area contributed by atoms with Gasteiger partial charge in [-0.2, -0.15) is 0 Å². The van der Waals surface area contributed by atoms with Gasteiger partial charge in [0, 0.05) is 11.6 Å². The van der Waals surface area contributed by atoms with Gasteiger partial charge in [0.15, 0.2) is 0 Å². The van der Waals surface area contributed by atoms with Crippen molar-refractivity contribution in [2.75, 3.05) is 23.0 Å². The first-order valence-corrected chi connectivity index (χ1v) is 14.8. The second-order valence-corrected chi connectivity index (χ2v) is 12.5. The number of nitrogens with zero attached hydrogens (tertiary/aromatic N) is 1. The molecule has 3 rings (SSSR count). The number of aryl methyl sites for hydroxylation is 1. The summed E-state index contributed by atoms with van der Waals surface area (Å²) >= 11 is 0. The van der Waals surface area contributed by atoms with E-state index in [2.05, 4.69) is 10.0 Å². The lowest BCUT2D eigenvalue weighted by Crippen LogP contribution is -2.30. The van der Waals surface area contributed by atoms with Gasteiger partial charge < -0.3 is 10.1 Å². The fourth-order valence-corrected chi connectivity index (χ4v) is 5.79. The molecule has 37 heavy (non-hydrogen) atoms. The Morgan fingerprint density at radius 1 is 0.973 bits per heavy atom. The van der Waals surface area contributed by atoms with E-state index in [0.717, 1.165) is 11.8 Å². The Hall–Kier alpha value is -3.41. The Kier molecular flexibility index (Phi) is 8.62. The predicted octanol–water partition coefficient (Wildman–Crippen LogP) is 3.91. The van der Waals surface area contributed by atoms with Gasteiger partial charge in [-0.25, -0.2) is 21.6 Å². The average molecular weight is 546 g/mol. The van der Waals surface area contributed by atoms with Crippen molar-refractivity contribution in [3.05, 3.63) is 83.4 Å². The fourth-order valence-electron chi connectivity index (χ4n) is 3.64. The van der Waals surface area contributed by atoms with Crippen LogP contribution in [0.15, 0.2) is 71.6 Å². The number of hydrogen-bond acceptors (Lipinski definition) is 6. The van der Waals surface area contributed by atoms with E-state index in [9.17, 15) is 21.6 Å². The molecule has 0 saturated carbocycles. The molecule has 0 bridgehead atoms. The van der Waals surface area contributed by atoms with Crippen LogP contribution in [0.3, 0.4) is 0 Å². The molecule has 0 atom stereocenters. The van der Waals surface area contributed by atoms with Crippen LogP contribution in [0, 0.1) is 6.92 Å². The largest absolute Gasteiger partial charge is 0.495 e. The predicted molar refractivity (Wildman–Crippen MR) is 145 cm³/mol. The van der Waals surface area contributed by atoms with Crippen molar-refractivity contribution in [2.45, 2.75) is 38.3 Å². The van der Waals surface area contributed by atoms with Crippen LogP contribution in [-0.2, 0) is 26.6 Å². The van der Waals surface area contributed by atoms with E-state index in [1.54, 1.807) is 56.3 Å². The standard InChI is InChI=1S/C26H31N3O6S2/c1-18(2)28-37(33,34)23-13-14-25(35-4)24(16-23)27-26(30)21-11-9-20(10-12-21)17-29(36(5,31)32)22-8-6-7-19(3)15-22/h6-16,18,28H,17H2,1-5H3,(H,27,30). The highest BCUT2D eigenvalue weighted by molar-refractivity contribution is 7.92. The molecule has 11 heteroatoms. The molecule has 1 amide bonds.